The molecule has 142 valence electrons. The predicted molar refractivity (Wildman–Crippen MR) is 115 cm³/mol. The van der Waals surface area contributed by atoms with Gasteiger partial charge in [-0.2, -0.15) is 4.68 Å². The molecule has 2 N–H and O–H groups in total. The van der Waals surface area contributed by atoms with Crippen molar-refractivity contribution in [1.29, 1.82) is 0 Å². The van der Waals surface area contributed by atoms with Crippen LogP contribution >= 0.6 is 23.6 Å². The van der Waals surface area contributed by atoms with Crippen molar-refractivity contribution in [3.05, 3.63) is 79.9 Å². The van der Waals surface area contributed by atoms with Gasteiger partial charge in [-0.05, 0) is 67.5 Å². The highest BCUT2D eigenvalue weighted by Crippen LogP contribution is 2.27. The van der Waals surface area contributed by atoms with Crippen LogP contribution in [0.15, 0.2) is 53.6 Å². The Hall–Kier alpha value is -2.97. The topological polar surface area (TPSA) is 71.8 Å². The van der Waals surface area contributed by atoms with Gasteiger partial charge in [-0.3, -0.25) is 15.0 Å². The van der Waals surface area contributed by atoms with Gasteiger partial charge in [0.15, 0.2) is 0 Å². The first-order valence-electron chi connectivity index (χ1n) is 8.81. The van der Waals surface area contributed by atoms with Gasteiger partial charge in [0.05, 0.1) is 5.39 Å². The zero-order valence-corrected chi connectivity index (χ0v) is 17.0. The van der Waals surface area contributed by atoms with Crippen molar-refractivity contribution in [3.63, 3.8) is 0 Å². The Labute approximate surface area is 170 Å². The average molecular weight is 411 g/mol. The Morgan fingerprint density at radius 2 is 1.89 bits per heavy atom. The molecule has 0 saturated carbocycles. The van der Waals surface area contributed by atoms with E-state index < -0.39 is 5.91 Å². The first kappa shape index (κ1) is 18.4. The van der Waals surface area contributed by atoms with Gasteiger partial charge in [0.1, 0.15) is 4.83 Å². The number of aromatic nitrogens is 3. The smallest absolute Gasteiger partial charge is 0.282 e. The molecule has 0 spiro atoms. The normalized spacial score (nSPS) is 11.1. The van der Waals surface area contributed by atoms with Gasteiger partial charge in [0, 0.05) is 28.5 Å². The van der Waals surface area contributed by atoms with Gasteiger partial charge >= 0.3 is 0 Å². The van der Waals surface area contributed by atoms with Crippen molar-refractivity contribution in [2.45, 2.75) is 20.3 Å². The summed E-state index contributed by atoms with van der Waals surface area (Å²) < 4.78 is 3.23. The van der Waals surface area contributed by atoms with Gasteiger partial charge in [0.2, 0.25) is 4.77 Å². The Balaban J connectivity index is 1.69. The number of carbonyl (C=O) groups excluding carboxylic acids is 1. The van der Waals surface area contributed by atoms with Gasteiger partial charge in [-0.25, -0.2) is 0 Å². The SMILES string of the molecule is CCc1c(C)sc2[nH]c(=S)n(NC(=O)c3ccc(-n4cccc4)cc3)c(=O)c12. The Morgan fingerprint density at radius 3 is 2.54 bits per heavy atom. The maximum Gasteiger partial charge on any atom is 0.282 e. The molecule has 0 atom stereocenters. The summed E-state index contributed by atoms with van der Waals surface area (Å²) in [6.07, 6.45) is 4.59. The molecular formula is C20H18N4O2S2. The molecule has 0 saturated heterocycles. The van der Waals surface area contributed by atoms with Gasteiger partial charge in [-0.1, -0.05) is 6.92 Å². The molecule has 1 aromatic carbocycles. The summed E-state index contributed by atoms with van der Waals surface area (Å²) in [6, 6.07) is 11.0. The first-order chi connectivity index (χ1) is 13.5. The second-order valence-electron chi connectivity index (χ2n) is 6.34. The number of aromatic amines is 1. The van der Waals surface area contributed by atoms with Crippen molar-refractivity contribution in [2.24, 2.45) is 0 Å². The third-order valence-electron chi connectivity index (χ3n) is 4.65. The summed E-state index contributed by atoms with van der Waals surface area (Å²) in [5, 5.41) is 0.585. The molecule has 6 nitrogen and oxygen atoms in total. The van der Waals surface area contributed by atoms with Crippen molar-refractivity contribution in [2.75, 3.05) is 5.43 Å². The highest BCUT2D eigenvalue weighted by Gasteiger charge is 2.16. The summed E-state index contributed by atoms with van der Waals surface area (Å²) in [4.78, 5) is 30.5. The second-order valence-corrected chi connectivity index (χ2v) is 7.95. The van der Waals surface area contributed by atoms with E-state index in [1.807, 2.05) is 55.1 Å². The third-order valence-corrected chi connectivity index (χ3v) is 6.00. The van der Waals surface area contributed by atoms with E-state index in [1.54, 1.807) is 12.1 Å². The maximum atomic E-state index is 13.0. The summed E-state index contributed by atoms with van der Waals surface area (Å²) in [7, 11) is 0. The molecule has 0 aliphatic heterocycles. The zero-order chi connectivity index (χ0) is 19.8. The molecule has 3 aromatic heterocycles. The number of amides is 1. The molecule has 4 aromatic rings. The number of hydrogen-bond donors (Lipinski definition) is 2. The molecule has 0 unspecified atom stereocenters. The number of aryl methyl sites for hydroxylation is 2. The fraction of sp³-hybridized carbons (Fsp3) is 0.150. The van der Waals surface area contributed by atoms with Gasteiger partial charge in [-0.15, -0.1) is 11.3 Å². The van der Waals surface area contributed by atoms with Crippen molar-refractivity contribution < 1.29 is 4.79 Å². The molecule has 28 heavy (non-hydrogen) atoms. The van der Waals surface area contributed by atoms with E-state index in [4.69, 9.17) is 12.2 Å². The fourth-order valence-corrected chi connectivity index (χ4v) is 4.67. The fourth-order valence-electron chi connectivity index (χ4n) is 3.24. The number of thiophene rings is 1. The van der Waals surface area contributed by atoms with Crippen LogP contribution in [-0.2, 0) is 6.42 Å². The minimum absolute atomic E-state index is 0.165. The van der Waals surface area contributed by atoms with E-state index >= 15 is 0 Å². The van der Waals surface area contributed by atoms with Crippen LogP contribution < -0.4 is 11.0 Å². The predicted octanol–water partition coefficient (Wildman–Crippen LogP) is 4.17. The lowest BCUT2D eigenvalue weighted by atomic mass is 10.1. The van der Waals surface area contributed by atoms with Crippen molar-refractivity contribution >= 4 is 39.7 Å². The summed E-state index contributed by atoms with van der Waals surface area (Å²) in [5.41, 5.74) is 4.69. The maximum absolute atomic E-state index is 13.0. The van der Waals surface area contributed by atoms with Crippen LogP contribution in [0, 0.1) is 11.7 Å². The zero-order valence-electron chi connectivity index (χ0n) is 15.4. The lowest BCUT2D eigenvalue weighted by Crippen LogP contribution is -2.34. The molecule has 1 amide bonds. The monoisotopic (exact) mass is 410 g/mol. The number of carbonyl (C=O) groups is 1. The number of benzene rings is 1. The second kappa shape index (κ2) is 7.21. The van der Waals surface area contributed by atoms with E-state index in [0.717, 1.165) is 32.1 Å². The number of fused-ring (bicyclic) bond motifs is 1. The van der Waals surface area contributed by atoms with Crippen LogP contribution in [0.1, 0.15) is 27.7 Å². The largest absolute Gasteiger partial charge is 0.324 e. The number of hydrogen-bond acceptors (Lipinski definition) is 4. The third kappa shape index (κ3) is 3.10. The van der Waals surface area contributed by atoms with E-state index in [0.29, 0.717) is 10.9 Å². The Morgan fingerprint density at radius 1 is 1.21 bits per heavy atom. The molecule has 0 radical (unpaired) electrons. The Bertz CT molecular complexity index is 1280. The standard InChI is InChI=1S/C20H18N4O2S2/c1-3-15-12(2)28-18-16(15)19(26)24(20(27)21-18)22-17(25)13-6-8-14(9-7-13)23-10-4-5-11-23/h4-11H,3H2,1-2H3,(H,21,27)(H,22,25). The highest BCUT2D eigenvalue weighted by atomic mass is 32.1. The number of H-pyrrole nitrogens is 1. The lowest BCUT2D eigenvalue weighted by molar-refractivity contribution is 0.101. The molecule has 0 bridgehead atoms. The van der Waals surface area contributed by atoms with E-state index in [9.17, 15) is 9.59 Å². The van der Waals surface area contributed by atoms with Crippen molar-refractivity contribution in [3.8, 4) is 5.69 Å². The van der Waals surface area contributed by atoms with E-state index in [2.05, 4.69) is 10.4 Å². The average Bonchev–Trinajstić information content (AvgIpc) is 3.32. The molecular weight excluding hydrogens is 392 g/mol. The molecule has 0 aliphatic rings. The van der Waals surface area contributed by atoms with E-state index in [-0.39, 0.29) is 10.3 Å². The van der Waals surface area contributed by atoms with Gasteiger partial charge < -0.3 is 9.55 Å². The quantitative estimate of drug-likeness (QED) is 0.496. The first-order valence-corrected chi connectivity index (χ1v) is 10.0. The van der Waals surface area contributed by atoms with Crippen LogP contribution in [0.5, 0.6) is 0 Å². The molecule has 0 fully saturated rings. The highest BCUT2D eigenvalue weighted by molar-refractivity contribution is 7.71. The number of rotatable bonds is 4. The number of nitrogens with zero attached hydrogens (tertiary/aromatic N) is 2. The van der Waals surface area contributed by atoms with Crippen LogP contribution in [0.2, 0.25) is 0 Å². The van der Waals surface area contributed by atoms with Crippen LogP contribution in [0.4, 0.5) is 0 Å². The van der Waals surface area contributed by atoms with Crippen LogP contribution in [0.25, 0.3) is 15.9 Å². The number of nitrogens with one attached hydrogen (secondary N) is 2. The van der Waals surface area contributed by atoms with Crippen molar-refractivity contribution in [1.82, 2.24) is 14.2 Å². The molecule has 8 heteroatoms. The Kier molecular flexibility index (Phi) is 4.74. The van der Waals surface area contributed by atoms with Crippen LogP contribution in [-0.4, -0.2) is 20.1 Å². The molecule has 0 aliphatic carbocycles. The summed E-state index contributed by atoms with van der Waals surface area (Å²) in [5.74, 6) is -0.398. The minimum Gasteiger partial charge on any atom is -0.324 e. The van der Waals surface area contributed by atoms with Gasteiger partial charge in [0.25, 0.3) is 11.5 Å². The van der Waals surface area contributed by atoms with Crippen LogP contribution in [0.3, 0.4) is 0 Å². The molecule has 3 heterocycles. The van der Waals surface area contributed by atoms with E-state index in [1.165, 1.54) is 11.3 Å². The summed E-state index contributed by atoms with van der Waals surface area (Å²) >= 11 is 6.80. The minimum atomic E-state index is -0.398. The molecule has 4 rings (SSSR count). The summed E-state index contributed by atoms with van der Waals surface area (Å²) in [6.45, 7) is 3.99. The lowest BCUT2D eigenvalue weighted by Gasteiger charge is -2.10.